The summed E-state index contributed by atoms with van der Waals surface area (Å²) < 4.78 is 7.39. The molecule has 2 N–H and O–H groups in total. The summed E-state index contributed by atoms with van der Waals surface area (Å²) in [5, 5.41) is 21.2. The van der Waals surface area contributed by atoms with Gasteiger partial charge in [-0.25, -0.2) is 4.79 Å². The zero-order valence-corrected chi connectivity index (χ0v) is 19.7. The largest absolute Gasteiger partial charge is 0.506 e. The third-order valence-corrected chi connectivity index (χ3v) is 6.19. The first-order valence-electron chi connectivity index (χ1n) is 10.6. The minimum absolute atomic E-state index is 0.130. The lowest BCUT2D eigenvalue weighted by molar-refractivity contribution is -0.141. The van der Waals surface area contributed by atoms with Crippen molar-refractivity contribution in [1.82, 2.24) is 4.57 Å². The number of fused-ring (bicyclic) bond motifs is 1. The topological polar surface area (TPSA) is 88.8 Å². The Morgan fingerprint density at radius 2 is 1.91 bits per heavy atom. The molecule has 0 spiro atoms. The van der Waals surface area contributed by atoms with Crippen LogP contribution in [-0.4, -0.2) is 33.3 Å². The third-order valence-electron chi connectivity index (χ3n) is 5.87. The summed E-state index contributed by atoms with van der Waals surface area (Å²) in [6.45, 7) is 10.2. The number of aliphatic carboxylic acids is 1. The maximum absolute atomic E-state index is 13.0. The van der Waals surface area contributed by atoms with Crippen molar-refractivity contribution in [3.05, 3.63) is 63.8 Å². The molecule has 3 rings (SSSR count). The van der Waals surface area contributed by atoms with Gasteiger partial charge in [0.05, 0.1) is 17.2 Å². The molecular weight excluding hydrogens is 430 g/mol. The van der Waals surface area contributed by atoms with Crippen molar-refractivity contribution in [2.24, 2.45) is 5.92 Å². The summed E-state index contributed by atoms with van der Waals surface area (Å²) in [6, 6.07) is 9.80. The number of esters is 1. The van der Waals surface area contributed by atoms with Crippen molar-refractivity contribution in [3.63, 3.8) is 0 Å². The van der Waals surface area contributed by atoms with E-state index in [0.717, 1.165) is 11.2 Å². The van der Waals surface area contributed by atoms with Crippen molar-refractivity contribution in [2.75, 3.05) is 6.61 Å². The maximum atomic E-state index is 13.0. The first kappa shape index (κ1) is 23.7. The van der Waals surface area contributed by atoms with E-state index >= 15 is 0 Å². The normalized spacial score (nSPS) is 13.3. The highest BCUT2D eigenvalue weighted by molar-refractivity contribution is 6.32. The number of aromatic nitrogens is 1. The summed E-state index contributed by atoms with van der Waals surface area (Å²) in [4.78, 5) is 25.7. The van der Waals surface area contributed by atoms with Gasteiger partial charge in [0.15, 0.2) is 0 Å². The van der Waals surface area contributed by atoms with Crippen LogP contribution in [0.3, 0.4) is 0 Å². The standard InChI is InChI=1S/C25H28ClNO5/c1-6-32-23(29)21-15(4)27(13-14(2)3)19-9-7-8-17(22(19)21)25(5,24(30)31)16-10-11-18(26)20(28)12-16/h7-12,14,28H,6,13H2,1-5H3,(H,30,31). The van der Waals surface area contributed by atoms with Crippen LogP contribution >= 0.6 is 11.6 Å². The summed E-state index contributed by atoms with van der Waals surface area (Å²) in [5.41, 5.74) is 1.10. The Morgan fingerprint density at radius 3 is 2.47 bits per heavy atom. The molecule has 0 saturated carbocycles. The van der Waals surface area contributed by atoms with E-state index in [0.29, 0.717) is 34.5 Å². The SMILES string of the molecule is CCOC(=O)c1c(C)n(CC(C)C)c2cccc(C(C)(C(=O)O)c3ccc(Cl)c(O)c3)c12. The van der Waals surface area contributed by atoms with E-state index in [2.05, 4.69) is 13.8 Å². The molecule has 0 fully saturated rings. The number of carbonyl (C=O) groups excluding carboxylic acids is 1. The predicted octanol–water partition coefficient (Wildman–Crippen LogP) is 5.53. The number of phenols is 1. The zero-order valence-electron chi connectivity index (χ0n) is 18.9. The summed E-state index contributed by atoms with van der Waals surface area (Å²) in [7, 11) is 0. The monoisotopic (exact) mass is 457 g/mol. The molecule has 2 aromatic carbocycles. The maximum Gasteiger partial charge on any atom is 0.340 e. The molecule has 1 unspecified atom stereocenters. The molecule has 0 amide bonds. The van der Waals surface area contributed by atoms with E-state index < -0.39 is 17.4 Å². The second-order valence-electron chi connectivity index (χ2n) is 8.48. The highest BCUT2D eigenvalue weighted by atomic mass is 35.5. The van der Waals surface area contributed by atoms with Crippen LogP contribution < -0.4 is 0 Å². The molecule has 0 aliphatic heterocycles. The molecule has 1 aromatic heterocycles. The van der Waals surface area contributed by atoms with E-state index in [1.54, 1.807) is 32.0 Å². The Balaban J connectivity index is 2.44. The first-order valence-corrected chi connectivity index (χ1v) is 10.9. The molecule has 0 bridgehead atoms. The molecule has 0 aliphatic rings. The van der Waals surface area contributed by atoms with Crippen molar-refractivity contribution in [1.29, 1.82) is 0 Å². The van der Waals surface area contributed by atoms with E-state index in [1.807, 2.05) is 17.6 Å². The van der Waals surface area contributed by atoms with Crippen LogP contribution in [0.4, 0.5) is 0 Å². The molecule has 0 aliphatic carbocycles. The molecule has 0 radical (unpaired) electrons. The van der Waals surface area contributed by atoms with Gasteiger partial charge in [-0.3, -0.25) is 4.79 Å². The van der Waals surface area contributed by atoms with Crippen LogP contribution in [0.25, 0.3) is 10.9 Å². The van der Waals surface area contributed by atoms with Crippen LogP contribution in [0.15, 0.2) is 36.4 Å². The Morgan fingerprint density at radius 1 is 1.22 bits per heavy atom. The highest BCUT2D eigenvalue weighted by Gasteiger charge is 2.41. The molecule has 7 heteroatoms. The Hall–Kier alpha value is -2.99. The molecular formula is C25H28ClNO5. The fourth-order valence-corrected chi connectivity index (χ4v) is 4.33. The summed E-state index contributed by atoms with van der Waals surface area (Å²) >= 11 is 5.96. The summed E-state index contributed by atoms with van der Waals surface area (Å²) in [6.07, 6.45) is 0. The quantitative estimate of drug-likeness (QED) is 0.455. The smallest absolute Gasteiger partial charge is 0.340 e. The summed E-state index contributed by atoms with van der Waals surface area (Å²) in [5.74, 6) is -1.50. The minimum atomic E-state index is -1.56. The predicted molar refractivity (Wildman–Crippen MR) is 125 cm³/mol. The van der Waals surface area contributed by atoms with E-state index in [1.165, 1.54) is 12.1 Å². The van der Waals surface area contributed by atoms with E-state index in [-0.39, 0.29) is 17.4 Å². The number of aromatic hydroxyl groups is 1. The molecule has 170 valence electrons. The lowest BCUT2D eigenvalue weighted by Gasteiger charge is -2.27. The zero-order chi connectivity index (χ0) is 23.8. The van der Waals surface area contributed by atoms with Gasteiger partial charge in [0, 0.05) is 23.1 Å². The average Bonchev–Trinajstić information content (AvgIpc) is 3.00. The number of benzene rings is 2. The van der Waals surface area contributed by atoms with E-state index in [4.69, 9.17) is 16.3 Å². The van der Waals surface area contributed by atoms with Crippen LogP contribution in [0.5, 0.6) is 5.75 Å². The van der Waals surface area contributed by atoms with Gasteiger partial charge < -0.3 is 19.5 Å². The molecule has 3 aromatic rings. The second-order valence-corrected chi connectivity index (χ2v) is 8.89. The van der Waals surface area contributed by atoms with Crippen molar-refractivity contribution in [2.45, 2.75) is 46.6 Å². The molecule has 1 atom stereocenters. The number of phenolic OH excluding ortho intramolecular Hbond substituents is 1. The number of hydrogen-bond donors (Lipinski definition) is 2. The van der Waals surface area contributed by atoms with Gasteiger partial charge >= 0.3 is 11.9 Å². The third kappa shape index (κ3) is 3.84. The minimum Gasteiger partial charge on any atom is -0.506 e. The fraction of sp³-hybridized carbons (Fsp3) is 0.360. The molecule has 32 heavy (non-hydrogen) atoms. The Labute approximate surface area is 192 Å². The van der Waals surface area contributed by atoms with Crippen LogP contribution in [0.2, 0.25) is 5.02 Å². The number of carboxylic acid groups (broad SMARTS) is 1. The van der Waals surface area contributed by atoms with Gasteiger partial charge in [-0.1, -0.05) is 43.6 Å². The molecule has 1 heterocycles. The van der Waals surface area contributed by atoms with Crippen LogP contribution in [-0.2, 0) is 21.5 Å². The van der Waals surface area contributed by atoms with Gasteiger partial charge in [-0.2, -0.15) is 0 Å². The number of rotatable bonds is 7. The number of hydrogen-bond acceptors (Lipinski definition) is 4. The number of ether oxygens (including phenoxy) is 1. The number of halogens is 1. The van der Waals surface area contributed by atoms with Crippen LogP contribution in [0, 0.1) is 12.8 Å². The number of carbonyl (C=O) groups is 2. The number of carboxylic acids is 1. The lowest BCUT2D eigenvalue weighted by atomic mass is 9.74. The van der Waals surface area contributed by atoms with Gasteiger partial charge in [-0.15, -0.1) is 0 Å². The second kappa shape index (κ2) is 8.87. The van der Waals surface area contributed by atoms with E-state index in [9.17, 15) is 19.8 Å². The fourth-order valence-electron chi connectivity index (χ4n) is 4.21. The van der Waals surface area contributed by atoms with Gasteiger partial charge in [0.1, 0.15) is 11.2 Å². The van der Waals surface area contributed by atoms with Crippen molar-refractivity contribution < 1.29 is 24.5 Å². The lowest BCUT2D eigenvalue weighted by Crippen LogP contribution is -2.34. The molecule has 6 nitrogen and oxygen atoms in total. The van der Waals surface area contributed by atoms with Crippen molar-refractivity contribution in [3.8, 4) is 5.75 Å². The van der Waals surface area contributed by atoms with Gasteiger partial charge in [0.2, 0.25) is 0 Å². The first-order chi connectivity index (χ1) is 15.0. The van der Waals surface area contributed by atoms with Gasteiger partial charge in [-0.05, 0) is 56.0 Å². The Bertz CT molecular complexity index is 1200. The Kier molecular flexibility index (Phi) is 6.56. The highest BCUT2D eigenvalue weighted by Crippen LogP contribution is 2.42. The molecule has 0 saturated heterocycles. The van der Waals surface area contributed by atoms with Gasteiger partial charge in [0.25, 0.3) is 0 Å². The van der Waals surface area contributed by atoms with Crippen LogP contribution in [0.1, 0.15) is 54.9 Å². The van der Waals surface area contributed by atoms with Crippen molar-refractivity contribution >= 4 is 34.4 Å². The number of nitrogens with zero attached hydrogens (tertiary/aromatic N) is 1. The average molecular weight is 458 g/mol.